The topological polar surface area (TPSA) is 165 Å². The second-order valence-electron chi connectivity index (χ2n) is 19.0. The summed E-state index contributed by atoms with van der Waals surface area (Å²) in [6.07, 6.45) is -2.64. The van der Waals surface area contributed by atoms with E-state index < -0.39 is 59.0 Å². The molecule has 67 heavy (non-hydrogen) atoms. The maximum absolute atomic E-state index is 16.3. The Kier molecular flexibility index (Phi) is 11.7. The summed E-state index contributed by atoms with van der Waals surface area (Å²) in [7, 11) is 1.40. The van der Waals surface area contributed by atoms with Gasteiger partial charge in [0.15, 0.2) is 0 Å². The van der Waals surface area contributed by atoms with Crippen LogP contribution < -0.4 is 30.9 Å². The summed E-state index contributed by atoms with van der Waals surface area (Å²) in [5, 5.41) is 11.7. The van der Waals surface area contributed by atoms with Gasteiger partial charge in [0.2, 0.25) is 17.7 Å². The molecule has 3 saturated heterocycles. The number of hydrogen-bond acceptors (Lipinski definition) is 10. The van der Waals surface area contributed by atoms with E-state index in [1.165, 1.54) is 36.4 Å². The average Bonchev–Trinajstić information content (AvgIpc) is 3.94. The second-order valence-corrected chi connectivity index (χ2v) is 19.4. The van der Waals surface area contributed by atoms with E-state index in [-0.39, 0.29) is 76.8 Å². The van der Waals surface area contributed by atoms with E-state index in [0.29, 0.717) is 49.3 Å². The summed E-state index contributed by atoms with van der Waals surface area (Å²) in [6.45, 7) is 8.12. The van der Waals surface area contributed by atoms with Crippen molar-refractivity contribution in [3.05, 3.63) is 111 Å². The lowest BCUT2D eigenvalue weighted by atomic mass is 9.63. The summed E-state index contributed by atoms with van der Waals surface area (Å²) >= 11 is 6.36. The van der Waals surface area contributed by atoms with Crippen LogP contribution in [0.15, 0.2) is 66.9 Å². The number of carbonyl (C=O) groups excluding carboxylic acids is 5. The van der Waals surface area contributed by atoms with E-state index in [1.807, 2.05) is 32.9 Å². The van der Waals surface area contributed by atoms with Crippen molar-refractivity contribution in [1.82, 2.24) is 25.4 Å². The molecule has 0 saturated carbocycles. The molecule has 4 aromatic rings. The van der Waals surface area contributed by atoms with Crippen LogP contribution in [0.3, 0.4) is 0 Å². The lowest BCUT2D eigenvalue weighted by Crippen LogP contribution is -2.52. The van der Waals surface area contributed by atoms with Gasteiger partial charge < -0.3 is 35.4 Å². The lowest BCUT2D eigenvalue weighted by molar-refractivity contribution is -0.141. The number of halogens is 5. The van der Waals surface area contributed by atoms with Crippen LogP contribution in [0.25, 0.3) is 0 Å². The molecule has 19 heteroatoms. The smallest absolute Gasteiger partial charge is 0.433 e. The number of piperidine rings is 1. The van der Waals surface area contributed by atoms with Gasteiger partial charge in [-0.1, -0.05) is 44.5 Å². The first-order valence-corrected chi connectivity index (χ1v) is 22.5. The second kappa shape index (κ2) is 17.1. The Morgan fingerprint density at radius 1 is 1.00 bits per heavy atom. The van der Waals surface area contributed by atoms with Crippen molar-refractivity contribution in [2.24, 2.45) is 5.41 Å². The van der Waals surface area contributed by atoms with E-state index in [4.69, 9.17) is 16.3 Å². The van der Waals surface area contributed by atoms with E-state index in [1.54, 1.807) is 29.2 Å². The van der Waals surface area contributed by atoms with Gasteiger partial charge in [-0.05, 0) is 77.9 Å². The van der Waals surface area contributed by atoms with Crippen LogP contribution in [0.1, 0.15) is 89.1 Å². The van der Waals surface area contributed by atoms with E-state index in [9.17, 15) is 37.1 Å². The van der Waals surface area contributed by atoms with Crippen LogP contribution in [-0.4, -0.2) is 102 Å². The maximum atomic E-state index is 16.3. The van der Waals surface area contributed by atoms with Crippen molar-refractivity contribution in [2.45, 2.75) is 82.2 Å². The fraction of sp³-hybridized carbons (Fsp3) is 0.417. The number of anilines is 3. The van der Waals surface area contributed by atoms with Crippen LogP contribution in [-0.2, 0) is 32.5 Å². The SMILES string of the molecule is COc1cc(C(=O)N2CCN(c3ccc4c(c3)CN(C3CCC(=O)NC3=O)C4=O)CC2)ccc1NC(=O)[C@@H]1N[C@@H](CC(C)(C)C)[C@@]2(CNc3cc(C(F)(F)F)ncc32)[C@H]1c1cccc(Cl)c1F. The number of aromatic nitrogens is 1. The number of pyridine rings is 1. The van der Waals surface area contributed by atoms with E-state index in [0.717, 1.165) is 17.3 Å². The molecule has 5 aliphatic heterocycles. The highest BCUT2D eigenvalue weighted by molar-refractivity contribution is 6.30. The molecule has 0 radical (unpaired) electrons. The van der Waals surface area contributed by atoms with Crippen LogP contribution in [0.5, 0.6) is 5.75 Å². The third-order valence-corrected chi connectivity index (χ3v) is 14.0. The zero-order valence-electron chi connectivity index (χ0n) is 37.2. The van der Waals surface area contributed by atoms with E-state index >= 15 is 4.39 Å². The molecular formula is C48H49ClF4N8O6. The minimum atomic E-state index is -4.71. The van der Waals surface area contributed by atoms with Crippen LogP contribution in [0, 0.1) is 11.2 Å². The molecule has 6 heterocycles. The Labute approximate surface area is 388 Å². The fourth-order valence-corrected chi connectivity index (χ4v) is 10.8. The predicted octanol–water partition coefficient (Wildman–Crippen LogP) is 6.49. The molecule has 5 atom stereocenters. The number of amides is 5. The molecule has 3 fully saturated rings. The van der Waals surface area contributed by atoms with Gasteiger partial charge in [-0.25, -0.2) is 4.39 Å². The van der Waals surface area contributed by atoms with Crippen molar-refractivity contribution >= 4 is 58.2 Å². The number of nitrogens with zero attached hydrogens (tertiary/aromatic N) is 4. The van der Waals surface area contributed by atoms with Crippen molar-refractivity contribution in [3.8, 4) is 5.75 Å². The summed E-state index contributed by atoms with van der Waals surface area (Å²) in [5.74, 6) is -3.44. The number of hydrogen-bond donors (Lipinski definition) is 4. The number of piperazine rings is 1. The molecule has 4 N–H and O–H groups in total. The normalized spacial score (nSPS) is 23.8. The van der Waals surface area contributed by atoms with Gasteiger partial charge in [-0.2, -0.15) is 13.2 Å². The standard InChI is InChI=1S/C48H49ClF4N8O6/c1-46(2,3)21-37-47(24-55-33-20-36(48(51,52)53)54-22-30(33)47)39(29-6-5-7-31(49)40(29)50)41(57-37)43(64)56-32-11-8-25(19-35(32)67-4)44(65)60-16-14-59(15-17-60)27-9-10-28-26(18-27)23-61(45(28)66)34-12-13-38(62)58-42(34)63/h5-11,18-20,22,34,37,39,41,55,57H,12-17,21,23-24H2,1-4H3,(H,56,64)(H,58,62,63)/t34?,37-,39-,41+,47-/m0/s1. The van der Waals surface area contributed by atoms with Gasteiger partial charge in [0.25, 0.3) is 11.8 Å². The largest absolute Gasteiger partial charge is 0.495 e. The van der Waals surface area contributed by atoms with Crippen LogP contribution in [0.4, 0.5) is 34.6 Å². The third-order valence-electron chi connectivity index (χ3n) is 13.7. The molecule has 0 aliphatic carbocycles. The highest BCUT2D eigenvalue weighted by atomic mass is 35.5. The number of carbonyl (C=O) groups is 5. The van der Waals surface area contributed by atoms with Crippen LogP contribution in [0.2, 0.25) is 5.02 Å². The van der Waals surface area contributed by atoms with Crippen molar-refractivity contribution in [1.29, 1.82) is 0 Å². The Morgan fingerprint density at radius 2 is 1.76 bits per heavy atom. The first kappa shape index (κ1) is 45.9. The zero-order valence-corrected chi connectivity index (χ0v) is 37.9. The number of ether oxygens (including phenoxy) is 1. The van der Waals surface area contributed by atoms with Gasteiger partial charge >= 0.3 is 6.18 Å². The third kappa shape index (κ3) is 8.31. The molecule has 1 unspecified atom stereocenters. The lowest BCUT2D eigenvalue weighted by Gasteiger charge is -2.39. The number of fused-ring (bicyclic) bond motifs is 3. The highest BCUT2D eigenvalue weighted by Gasteiger charge is 2.62. The Hall–Kier alpha value is -6.27. The Balaban J connectivity index is 0.927. The molecular weight excluding hydrogens is 896 g/mol. The Bertz CT molecular complexity index is 2710. The first-order valence-electron chi connectivity index (χ1n) is 22.1. The van der Waals surface area contributed by atoms with Gasteiger partial charge in [-0.15, -0.1) is 0 Å². The zero-order chi connectivity index (χ0) is 47.7. The van der Waals surface area contributed by atoms with E-state index in [2.05, 4.69) is 31.2 Å². The van der Waals surface area contributed by atoms with Gasteiger partial charge in [0.05, 0.1) is 23.9 Å². The molecule has 3 aromatic carbocycles. The molecule has 9 rings (SSSR count). The van der Waals surface area contributed by atoms with Crippen LogP contribution >= 0.6 is 11.6 Å². The predicted molar refractivity (Wildman–Crippen MR) is 241 cm³/mol. The number of alkyl halides is 3. The van der Waals surface area contributed by atoms with Crippen molar-refractivity contribution in [2.75, 3.05) is 55.4 Å². The van der Waals surface area contributed by atoms with Gasteiger partial charge in [-0.3, -0.25) is 34.3 Å². The number of rotatable bonds is 8. The van der Waals surface area contributed by atoms with Crippen molar-refractivity contribution in [3.63, 3.8) is 0 Å². The molecule has 352 valence electrons. The first-order chi connectivity index (χ1) is 31.8. The van der Waals surface area contributed by atoms with Crippen molar-refractivity contribution < 1.29 is 46.3 Å². The monoisotopic (exact) mass is 944 g/mol. The number of methoxy groups -OCH3 is 1. The quantitative estimate of drug-likeness (QED) is 0.113. The molecule has 1 spiro atoms. The number of nitrogens with one attached hydrogen (secondary N) is 4. The molecule has 5 amide bonds. The van der Waals surface area contributed by atoms with Gasteiger partial charge in [0, 0.05) is 97.3 Å². The average molecular weight is 945 g/mol. The number of benzene rings is 3. The molecule has 5 aliphatic rings. The summed E-state index contributed by atoms with van der Waals surface area (Å²) < 4.78 is 63.6. The Morgan fingerprint density at radius 3 is 2.46 bits per heavy atom. The molecule has 1 aromatic heterocycles. The summed E-state index contributed by atoms with van der Waals surface area (Å²) in [5.41, 5.74) is 0.868. The highest BCUT2D eigenvalue weighted by Crippen LogP contribution is 2.57. The summed E-state index contributed by atoms with van der Waals surface area (Å²) in [4.78, 5) is 75.2. The summed E-state index contributed by atoms with van der Waals surface area (Å²) in [6, 6.07) is 13.3. The maximum Gasteiger partial charge on any atom is 0.433 e. The minimum absolute atomic E-state index is 0.0768. The molecule has 0 bridgehead atoms. The molecule has 14 nitrogen and oxygen atoms in total. The fourth-order valence-electron chi connectivity index (χ4n) is 10.6. The minimum Gasteiger partial charge on any atom is -0.495 e. The number of imide groups is 1. The van der Waals surface area contributed by atoms with Gasteiger partial charge in [0.1, 0.15) is 23.3 Å².